The molecule has 144 valence electrons. The van der Waals surface area contributed by atoms with Gasteiger partial charge in [0.05, 0.1) is 0 Å². The summed E-state index contributed by atoms with van der Waals surface area (Å²) in [7, 11) is 0. The zero-order chi connectivity index (χ0) is 19.6. The maximum absolute atomic E-state index is 12.0. The minimum absolute atomic E-state index is 0.139. The summed E-state index contributed by atoms with van der Waals surface area (Å²) in [5.74, 6) is -0.363. The van der Waals surface area contributed by atoms with Gasteiger partial charge in [0.2, 0.25) is 0 Å². The topological polar surface area (TPSA) is 75.6 Å². The molecule has 5 nitrogen and oxygen atoms in total. The summed E-state index contributed by atoms with van der Waals surface area (Å²) in [6.07, 6.45) is 5.68. The van der Waals surface area contributed by atoms with Gasteiger partial charge in [0.1, 0.15) is 5.60 Å². The first-order valence-corrected chi connectivity index (χ1v) is 10.1. The van der Waals surface area contributed by atoms with Crippen LogP contribution in [-0.2, 0) is 9.53 Å². The molecule has 2 aliphatic carbocycles. The number of carboxylic acids is 1. The molecule has 2 N–H and O–H groups in total. The summed E-state index contributed by atoms with van der Waals surface area (Å²) in [6.45, 7) is 5.23. The van der Waals surface area contributed by atoms with Crippen LogP contribution < -0.4 is 5.32 Å². The first-order valence-electron chi connectivity index (χ1n) is 9.09. The van der Waals surface area contributed by atoms with Crippen molar-refractivity contribution < 1.29 is 19.4 Å². The molecule has 0 heterocycles. The quantitative estimate of drug-likeness (QED) is 0.725. The van der Waals surface area contributed by atoms with E-state index in [0.717, 1.165) is 12.8 Å². The number of carbonyl (C=O) groups excluding carboxylic acids is 1. The minimum Gasteiger partial charge on any atom is -0.479 e. The Labute approximate surface area is 163 Å². The highest BCUT2D eigenvalue weighted by Gasteiger charge is 2.32. The van der Waals surface area contributed by atoms with Crippen LogP contribution >= 0.6 is 11.8 Å². The molecule has 0 aromatic heterocycles. The second kappa shape index (κ2) is 7.80. The van der Waals surface area contributed by atoms with Crippen molar-refractivity contribution >= 4 is 29.4 Å². The van der Waals surface area contributed by atoms with Gasteiger partial charge in [0.15, 0.2) is 5.37 Å². The SMILES string of the molecule is CC(C)(C)OC(=O)N[C@@H](SCC1C2=C(CCC=C2)c2ccccc21)C(=O)O. The molecule has 0 bridgehead atoms. The lowest BCUT2D eigenvalue weighted by atomic mass is 9.94. The van der Waals surface area contributed by atoms with E-state index in [1.807, 2.05) is 12.1 Å². The van der Waals surface area contributed by atoms with E-state index in [1.165, 1.54) is 34.0 Å². The second-order valence-electron chi connectivity index (χ2n) is 7.71. The average molecular weight is 388 g/mol. The zero-order valence-electron chi connectivity index (χ0n) is 15.8. The zero-order valence-corrected chi connectivity index (χ0v) is 16.6. The summed E-state index contributed by atoms with van der Waals surface area (Å²) in [5, 5.41) is 10.9. The third-order valence-corrected chi connectivity index (χ3v) is 5.72. The summed E-state index contributed by atoms with van der Waals surface area (Å²) >= 11 is 1.22. The number of hydrogen-bond acceptors (Lipinski definition) is 4. The number of carboxylic acid groups (broad SMARTS) is 1. The summed E-state index contributed by atoms with van der Waals surface area (Å²) < 4.78 is 5.19. The number of aliphatic carboxylic acids is 1. The van der Waals surface area contributed by atoms with Crippen LogP contribution in [0.5, 0.6) is 0 Å². The molecule has 0 spiro atoms. The van der Waals surface area contributed by atoms with Gasteiger partial charge in [-0.05, 0) is 55.9 Å². The number of ether oxygens (including phenoxy) is 1. The summed E-state index contributed by atoms with van der Waals surface area (Å²) in [4.78, 5) is 23.6. The fourth-order valence-electron chi connectivity index (χ4n) is 3.50. The van der Waals surface area contributed by atoms with E-state index in [0.29, 0.717) is 5.75 Å². The Morgan fingerprint density at radius 2 is 2.07 bits per heavy atom. The predicted octanol–water partition coefficient (Wildman–Crippen LogP) is 4.56. The highest BCUT2D eigenvalue weighted by Crippen LogP contribution is 2.47. The Hall–Kier alpha value is -2.21. The molecule has 0 fully saturated rings. The van der Waals surface area contributed by atoms with Crippen LogP contribution in [0.4, 0.5) is 4.79 Å². The number of carbonyl (C=O) groups is 2. The Bertz CT molecular complexity index is 807. The first kappa shape index (κ1) is 19.5. The first-order chi connectivity index (χ1) is 12.8. The van der Waals surface area contributed by atoms with Gasteiger partial charge in [-0.1, -0.05) is 36.4 Å². The number of nitrogens with one attached hydrogen (secondary N) is 1. The number of allylic oxidation sites excluding steroid dienone is 4. The average Bonchev–Trinajstić information content (AvgIpc) is 2.91. The van der Waals surface area contributed by atoms with E-state index >= 15 is 0 Å². The summed E-state index contributed by atoms with van der Waals surface area (Å²) in [6, 6.07) is 8.32. The van der Waals surface area contributed by atoms with Crippen molar-refractivity contribution in [2.45, 2.75) is 50.5 Å². The van der Waals surface area contributed by atoms with Crippen LogP contribution in [0.15, 0.2) is 42.0 Å². The maximum atomic E-state index is 12.0. The van der Waals surface area contributed by atoms with Gasteiger partial charge in [-0.15, -0.1) is 11.8 Å². The molecule has 2 atom stereocenters. The molecular formula is C21H25NO4S. The van der Waals surface area contributed by atoms with E-state index in [-0.39, 0.29) is 5.92 Å². The largest absolute Gasteiger partial charge is 0.479 e. The van der Waals surface area contributed by atoms with Gasteiger partial charge in [0.25, 0.3) is 0 Å². The van der Waals surface area contributed by atoms with E-state index in [2.05, 4.69) is 29.6 Å². The molecule has 1 unspecified atom stereocenters. The van der Waals surface area contributed by atoms with Gasteiger partial charge < -0.3 is 9.84 Å². The highest BCUT2D eigenvalue weighted by atomic mass is 32.2. The Morgan fingerprint density at radius 1 is 1.33 bits per heavy atom. The maximum Gasteiger partial charge on any atom is 0.409 e. The van der Waals surface area contributed by atoms with Crippen molar-refractivity contribution in [3.63, 3.8) is 0 Å². The molecular weight excluding hydrogens is 362 g/mol. The Balaban J connectivity index is 1.72. The van der Waals surface area contributed by atoms with E-state index in [4.69, 9.17) is 4.74 Å². The molecule has 0 radical (unpaired) electrons. The number of alkyl carbamates (subject to hydrolysis) is 1. The minimum atomic E-state index is -1.08. The van der Waals surface area contributed by atoms with Gasteiger partial charge in [-0.3, -0.25) is 5.32 Å². The van der Waals surface area contributed by atoms with E-state index in [1.54, 1.807) is 20.8 Å². The molecule has 0 saturated heterocycles. The smallest absolute Gasteiger partial charge is 0.409 e. The molecule has 1 aromatic rings. The molecule has 1 aromatic carbocycles. The number of fused-ring (bicyclic) bond motifs is 2. The van der Waals surface area contributed by atoms with Crippen molar-refractivity contribution in [3.8, 4) is 0 Å². The van der Waals surface area contributed by atoms with Gasteiger partial charge in [-0.2, -0.15) is 0 Å². The highest BCUT2D eigenvalue weighted by molar-refractivity contribution is 8.00. The molecule has 6 heteroatoms. The van der Waals surface area contributed by atoms with Crippen LogP contribution in [0.2, 0.25) is 0 Å². The molecule has 27 heavy (non-hydrogen) atoms. The van der Waals surface area contributed by atoms with E-state index < -0.39 is 23.0 Å². The number of amides is 1. The van der Waals surface area contributed by atoms with Crippen molar-refractivity contribution in [2.75, 3.05) is 5.75 Å². The van der Waals surface area contributed by atoms with Crippen molar-refractivity contribution in [1.82, 2.24) is 5.32 Å². The molecule has 2 aliphatic rings. The van der Waals surface area contributed by atoms with E-state index in [9.17, 15) is 14.7 Å². The molecule has 3 rings (SSSR count). The van der Waals surface area contributed by atoms with Crippen LogP contribution in [0, 0.1) is 0 Å². The van der Waals surface area contributed by atoms with Crippen LogP contribution in [0.25, 0.3) is 5.57 Å². The third kappa shape index (κ3) is 4.56. The normalized spacial score (nSPS) is 19.3. The molecule has 1 amide bonds. The van der Waals surface area contributed by atoms with Crippen molar-refractivity contribution in [3.05, 3.63) is 53.1 Å². The standard InChI is InChI=1S/C21H25NO4S/c1-21(2,3)26-20(25)22-18(19(23)24)27-12-17-15-10-6-4-8-13(15)14-9-5-7-11-16(14)17/h4,6-8,10-11,17-18H,5,9,12H2,1-3H3,(H,22,25)(H,23,24)/t17?,18-/m0/s1. The lowest BCUT2D eigenvalue weighted by Gasteiger charge is -2.23. The van der Waals surface area contributed by atoms with Gasteiger partial charge in [0, 0.05) is 11.7 Å². The fraction of sp³-hybridized carbons (Fsp3) is 0.429. The van der Waals surface area contributed by atoms with Crippen molar-refractivity contribution in [2.24, 2.45) is 0 Å². The number of hydrogen-bond donors (Lipinski definition) is 2. The van der Waals surface area contributed by atoms with Crippen LogP contribution in [0.3, 0.4) is 0 Å². The summed E-state index contributed by atoms with van der Waals surface area (Å²) in [5.41, 5.74) is 4.48. The number of benzene rings is 1. The van der Waals surface area contributed by atoms with Gasteiger partial charge >= 0.3 is 12.1 Å². The molecule has 0 saturated carbocycles. The predicted molar refractivity (Wildman–Crippen MR) is 108 cm³/mol. The Kier molecular flexibility index (Phi) is 5.65. The number of thioether (sulfide) groups is 1. The van der Waals surface area contributed by atoms with Crippen molar-refractivity contribution in [1.29, 1.82) is 0 Å². The number of rotatable bonds is 5. The fourth-order valence-corrected chi connectivity index (χ4v) is 4.57. The lowest BCUT2D eigenvalue weighted by Crippen LogP contribution is -2.42. The van der Waals surface area contributed by atoms with Gasteiger partial charge in [-0.25, -0.2) is 9.59 Å². The monoisotopic (exact) mass is 387 g/mol. The third-order valence-electron chi connectivity index (χ3n) is 4.55. The Morgan fingerprint density at radius 3 is 2.78 bits per heavy atom. The molecule has 0 aliphatic heterocycles. The lowest BCUT2D eigenvalue weighted by molar-refractivity contribution is -0.137. The van der Waals surface area contributed by atoms with Crippen LogP contribution in [0.1, 0.15) is 50.7 Å². The van der Waals surface area contributed by atoms with Crippen LogP contribution in [-0.4, -0.2) is 33.9 Å². The second-order valence-corrected chi connectivity index (χ2v) is 8.85.